The summed E-state index contributed by atoms with van der Waals surface area (Å²) in [5.41, 5.74) is 1.05. The Hall–Kier alpha value is -2.61. The van der Waals surface area contributed by atoms with Crippen molar-refractivity contribution in [2.75, 3.05) is 36.4 Å². The maximum absolute atomic E-state index is 12.7. The Kier molecular flexibility index (Phi) is 6.42. The van der Waals surface area contributed by atoms with Gasteiger partial charge in [-0.2, -0.15) is 13.2 Å². The third kappa shape index (κ3) is 5.26. The van der Waals surface area contributed by atoms with Crippen LogP contribution in [-0.4, -0.2) is 48.0 Å². The number of nitrogens with zero attached hydrogens (tertiary/aromatic N) is 3. The minimum absolute atomic E-state index is 0.0691. The largest absolute Gasteiger partial charge is 0.417 e. The summed E-state index contributed by atoms with van der Waals surface area (Å²) in [4.78, 5) is 20.7. The van der Waals surface area contributed by atoms with Gasteiger partial charge in [-0.3, -0.25) is 9.69 Å². The fourth-order valence-corrected chi connectivity index (χ4v) is 3.41. The molecule has 5 nitrogen and oxygen atoms in total. The van der Waals surface area contributed by atoms with Crippen LogP contribution < -0.4 is 10.2 Å². The average molecular weight is 406 g/mol. The summed E-state index contributed by atoms with van der Waals surface area (Å²) in [7, 11) is 0. The number of benzene rings is 1. The van der Waals surface area contributed by atoms with Crippen LogP contribution in [0.5, 0.6) is 0 Å². The fraction of sp³-hybridized carbons (Fsp3) is 0.429. The van der Waals surface area contributed by atoms with Crippen molar-refractivity contribution in [2.24, 2.45) is 0 Å². The first-order chi connectivity index (χ1) is 13.8. The number of rotatable bonds is 4. The van der Waals surface area contributed by atoms with E-state index in [0.717, 1.165) is 36.5 Å². The molecule has 1 saturated heterocycles. The van der Waals surface area contributed by atoms with Crippen LogP contribution in [-0.2, 0) is 11.0 Å². The number of hydrogen-bond acceptors (Lipinski definition) is 4. The fourth-order valence-electron chi connectivity index (χ4n) is 3.41. The summed E-state index contributed by atoms with van der Waals surface area (Å²) in [6.07, 6.45) is -2.72. The monoisotopic (exact) mass is 406 g/mol. The number of para-hydroxylation sites is 1. The van der Waals surface area contributed by atoms with E-state index in [1.807, 2.05) is 43.0 Å². The van der Waals surface area contributed by atoms with E-state index in [-0.39, 0.29) is 11.9 Å². The van der Waals surface area contributed by atoms with Crippen molar-refractivity contribution in [3.05, 3.63) is 53.7 Å². The Balaban J connectivity index is 1.60. The molecule has 0 saturated carbocycles. The third-order valence-electron chi connectivity index (χ3n) is 5.26. The predicted molar refractivity (Wildman–Crippen MR) is 107 cm³/mol. The first-order valence-corrected chi connectivity index (χ1v) is 9.64. The van der Waals surface area contributed by atoms with Crippen LogP contribution in [0.25, 0.3) is 0 Å². The second kappa shape index (κ2) is 8.82. The molecule has 1 fully saturated rings. The lowest BCUT2D eigenvalue weighted by atomic mass is 10.2. The van der Waals surface area contributed by atoms with E-state index in [2.05, 4.69) is 15.2 Å². The highest BCUT2D eigenvalue weighted by molar-refractivity contribution is 5.95. The van der Waals surface area contributed by atoms with Gasteiger partial charge >= 0.3 is 6.18 Å². The van der Waals surface area contributed by atoms with E-state index in [1.54, 1.807) is 0 Å². The minimum atomic E-state index is -4.39. The molecule has 3 rings (SSSR count). The van der Waals surface area contributed by atoms with E-state index >= 15 is 0 Å². The quantitative estimate of drug-likeness (QED) is 0.835. The number of nitrogens with one attached hydrogen (secondary N) is 1. The number of pyridine rings is 1. The van der Waals surface area contributed by atoms with Gasteiger partial charge in [-0.25, -0.2) is 4.98 Å². The summed E-state index contributed by atoms with van der Waals surface area (Å²) in [6.45, 7) is 6.46. The molecule has 1 amide bonds. The molecule has 1 aliphatic rings. The lowest BCUT2D eigenvalue weighted by Crippen LogP contribution is -2.44. The van der Waals surface area contributed by atoms with Crippen LogP contribution in [0, 0.1) is 6.92 Å². The van der Waals surface area contributed by atoms with Crippen molar-refractivity contribution in [3.63, 3.8) is 0 Å². The first kappa shape index (κ1) is 21.1. The maximum atomic E-state index is 12.7. The predicted octanol–water partition coefficient (Wildman–Crippen LogP) is 3.95. The van der Waals surface area contributed by atoms with Gasteiger partial charge in [0.25, 0.3) is 0 Å². The number of alkyl halides is 3. The second-order valence-electron chi connectivity index (χ2n) is 7.26. The number of aromatic nitrogens is 1. The van der Waals surface area contributed by atoms with E-state index in [1.165, 1.54) is 6.07 Å². The molecule has 0 radical (unpaired) electrons. The molecule has 0 unspecified atom stereocenters. The molecular weight excluding hydrogens is 381 g/mol. The number of amides is 1. The molecule has 1 aliphatic heterocycles. The first-order valence-electron chi connectivity index (χ1n) is 9.64. The van der Waals surface area contributed by atoms with Gasteiger partial charge < -0.3 is 10.2 Å². The molecule has 1 atom stereocenters. The Morgan fingerprint density at radius 1 is 1.10 bits per heavy atom. The highest BCUT2D eigenvalue weighted by atomic mass is 19.4. The van der Waals surface area contributed by atoms with Gasteiger partial charge in [0.2, 0.25) is 5.91 Å². The third-order valence-corrected chi connectivity index (χ3v) is 5.26. The number of carbonyl (C=O) groups excluding carboxylic acids is 1. The van der Waals surface area contributed by atoms with Crippen LogP contribution in [0.3, 0.4) is 0 Å². The Morgan fingerprint density at radius 2 is 1.86 bits per heavy atom. The van der Waals surface area contributed by atoms with E-state index in [9.17, 15) is 18.0 Å². The average Bonchev–Trinajstić information content (AvgIpc) is 2.95. The highest BCUT2D eigenvalue weighted by Crippen LogP contribution is 2.29. The van der Waals surface area contributed by atoms with Gasteiger partial charge in [-0.1, -0.05) is 18.2 Å². The standard InChI is InChI=1S/C21H25F3N4O/c1-15-6-3-4-7-18(15)26-20(29)16(2)27-10-5-11-28(13-12-27)19-9-8-17(14-25-19)21(22,23)24/h3-4,6-9,14,16H,5,10-13H2,1-2H3,(H,26,29)/t16-/m0/s1. The topological polar surface area (TPSA) is 48.5 Å². The zero-order valence-corrected chi connectivity index (χ0v) is 16.5. The van der Waals surface area contributed by atoms with Crippen LogP contribution in [0.15, 0.2) is 42.6 Å². The lowest BCUT2D eigenvalue weighted by molar-refractivity contribution is -0.137. The molecule has 1 N–H and O–H groups in total. The van der Waals surface area contributed by atoms with E-state index < -0.39 is 11.7 Å². The molecule has 29 heavy (non-hydrogen) atoms. The van der Waals surface area contributed by atoms with Crippen molar-refractivity contribution in [1.82, 2.24) is 9.88 Å². The number of anilines is 2. The molecule has 1 aromatic carbocycles. The van der Waals surface area contributed by atoms with Crippen molar-refractivity contribution < 1.29 is 18.0 Å². The van der Waals surface area contributed by atoms with Crippen molar-refractivity contribution in [1.29, 1.82) is 0 Å². The van der Waals surface area contributed by atoms with Crippen molar-refractivity contribution >= 4 is 17.4 Å². The van der Waals surface area contributed by atoms with Crippen LogP contribution in [0.4, 0.5) is 24.7 Å². The summed E-state index contributed by atoms with van der Waals surface area (Å²) in [5.74, 6) is 0.456. The zero-order valence-electron chi connectivity index (χ0n) is 16.5. The van der Waals surface area contributed by atoms with Crippen LogP contribution in [0.2, 0.25) is 0 Å². The van der Waals surface area contributed by atoms with Crippen molar-refractivity contribution in [2.45, 2.75) is 32.5 Å². The van der Waals surface area contributed by atoms with Gasteiger partial charge in [0, 0.05) is 38.1 Å². The molecule has 156 valence electrons. The number of aryl methyl sites for hydroxylation is 1. The van der Waals surface area contributed by atoms with Crippen molar-refractivity contribution in [3.8, 4) is 0 Å². The Bertz CT molecular complexity index is 839. The molecule has 8 heteroatoms. The Morgan fingerprint density at radius 3 is 2.52 bits per heavy atom. The molecule has 2 aromatic rings. The van der Waals surface area contributed by atoms with E-state index in [0.29, 0.717) is 25.5 Å². The van der Waals surface area contributed by atoms with E-state index in [4.69, 9.17) is 0 Å². The SMILES string of the molecule is Cc1ccccc1NC(=O)[C@H](C)N1CCCN(c2ccc(C(F)(F)F)cn2)CC1. The smallest absolute Gasteiger partial charge is 0.355 e. The summed E-state index contributed by atoms with van der Waals surface area (Å²) in [5, 5.41) is 2.98. The molecule has 2 heterocycles. The Labute approximate surface area is 168 Å². The molecule has 0 aliphatic carbocycles. The second-order valence-corrected chi connectivity index (χ2v) is 7.26. The molecule has 0 spiro atoms. The number of carbonyl (C=O) groups is 1. The normalized spacial score (nSPS) is 16.9. The van der Waals surface area contributed by atoms with Gasteiger partial charge in [0.05, 0.1) is 11.6 Å². The maximum Gasteiger partial charge on any atom is 0.417 e. The van der Waals surface area contributed by atoms with Crippen LogP contribution in [0.1, 0.15) is 24.5 Å². The van der Waals surface area contributed by atoms with Gasteiger partial charge in [0.15, 0.2) is 0 Å². The minimum Gasteiger partial charge on any atom is -0.355 e. The molecule has 0 bridgehead atoms. The van der Waals surface area contributed by atoms with Gasteiger partial charge in [-0.05, 0) is 44.0 Å². The summed E-state index contributed by atoms with van der Waals surface area (Å²) < 4.78 is 38.2. The van der Waals surface area contributed by atoms with Gasteiger partial charge in [0.1, 0.15) is 5.82 Å². The summed E-state index contributed by atoms with van der Waals surface area (Å²) in [6, 6.07) is 9.79. The number of halogens is 3. The number of hydrogen-bond donors (Lipinski definition) is 1. The molecule has 1 aromatic heterocycles. The lowest BCUT2D eigenvalue weighted by Gasteiger charge is -2.27. The van der Waals surface area contributed by atoms with Crippen LogP contribution >= 0.6 is 0 Å². The summed E-state index contributed by atoms with van der Waals surface area (Å²) >= 11 is 0. The van der Waals surface area contributed by atoms with Gasteiger partial charge in [-0.15, -0.1) is 0 Å². The highest BCUT2D eigenvalue weighted by Gasteiger charge is 2.31. The zero-order chi connectivity index (χ0) is 21.0. The molecular formula is C21H25F3N4O.